The molecule has 0 spiro atoms. The van der Waals surface area contributed by atoms with Crippen LogP contribution in [0, 0.1) is 0 Å². The number of hydrogen-bond donors (Lipinski definition) is 1. The minimum Gasteiger partial charge on any atom is -0.346 e. The molecule has 1 saturated heterocycles. The van der Waals surface area contributed by atoms with Gasteiger partial charge in [0, 0.05) is 4.90 Å². The predicted molar refractivity (Wildman–Crippen MR) is 74.0 cm³/mol. The highest BCUT2D eigenvalue weighted by atomic mass is 32.2. The van der Waals surface area contributed by atoms with Crippen LogP contribution in [0.4, 0.5) is 0 Å². The lowest BCUT2D eigenvalue weighted by molar-refractivity contribution is -0.127. The molecule has 0 aliphatic carbocycles. The molecule has 3 atom stereocenters. The van der Waals surface area contributed by atoms with Crippen molar-refractivity contribution in [1.29, 1.82) is 0 Å². The van der Waals surface area contributed by atoms with Gasteiger partial charge >= 0.3 is 0 Å². The van der Waals surface area contributed by atoms with Crippen molar-refractivity contribution in [3.05, 3.63) is 66.2 Å². The van der Waals surface area contributed by atoms with Gasteiger partial charge in [-0.3, -0.25) is 9.00 Å². The van der Waals surface area contributed by atoms with Gasteiger partial charge in [0.25, 0.3) is 0 Å². The summed E-state index contributed by atoms with van der Waals surface area (Å²) in [5, 5.41) is 2.33. The first-order chi connectivity index (χ1) is 9.27. The van der Waals surface area contributed by atoms with E-state index in [0.717, 1.165) is 5.56 Å². The molecule has 0 bridgehead atoms. The number of hydrogen-bond acceptors (Lipinski definition) is 2. The Kier molecular flexibility index (Phi) is 3.17. The van der Waals surface area contributed by atoms with Gasteiger partial charge in [0.15, 0.2) is 0 Å². The fourth-order valence-corrected chi connectivity index (χ4v) is 3.66. The third-order valence-corrected chi connectivity index (χ3v) is 4.91. The van der Waals surface area contributed by atoms with Crippen molar-refractivity contribution < 1.29 is 9.00 Å². The van der Waals surface area contributed by atoms with Crippen molar-refractivity contribution >= 4 is 16.7 Å². The van der Waals surface area contributed by atoms with E-state index in [4.69, 9.17) is 0 Å². The fourth-order valence-electron chi connectivity index (χ4n) is 2.21. The topological polar surface area (TPSA) is 46.2 Å². The second-order valence-electron chi connectivity index (χ2n) is 4.43. The Morgan fingerprint density at radius 3 is 2.05 bits per heavy atom. The Hall–Kier alpha value is -1.94. The smallest absolute Gasteiger partial charge is 0.239 e. The minimum absolute atomic E-state index is 0.143. The maximum Gasteiger partial charge on any atom is 0.239 e. The van der Waals surface area contributed by atoms with Gasteiger partial charge in [0.1, 0.15) is 5.25 Å². The molecule has 0 saturated carbocycles. The van der Waals surface area contributed by atoms with E-state index in [0.29, 0.717) is 4.90 Å². The number of β-lactam (4-membered cyclic amide) rings is 1. The molecule has 1 N–H and O–H groups in total. The third-order valence-electron chi connectivity index (χ3n) is 3.22. The third kappa shape index (κ3) is 2.19. The first kappa shape index (κ1) is 12.1. The molecule has 1 amide bonds. The number of benzene rings is 2. The summed E-state index contributed by atoms with van der Waals surface area (Å²) in [4.78, 5) is 12.4. The highest BCUT2D eigenvalue weighted by Crippen LogP contribution is 2.31. The fraction of sp³-hybridized carbons (Fsp3) is 0.133. The number of carbonyl (C=O) groups excluding carboxylic acids is 1. The molecule has 0 aromatic heterocycles. The highest BCUT2D eigenvalue weighted by molar-refractivity contribution is 7.86. The average Bonchev–Trinajstić information content (AvgIpc) is 2.46. The zero-order valence-corrected chi connectivity index (χ0v) is 11.0. The highest BCUT2D eigenvalue weighted by Gasteiger charge is 2.44. The van der Waals surface area contributed by atoms with Crippen molar-refractivity contribution in [3.8, 4) is 0 Å². The quantitative estimate of drug-likeness (QED) is 0.868. The number of carbonyl (C=O) groups is 1. The maximum atomic E-state index is 12.5. The van der Waals surface area contributed by atoms with Gasteiger partial charge in [-0.15, -0.1) is 0 Å². The van der Waals surface area contributed by atoms with Crippen molar-refractivity contribution in [3.63, 3.8) is 0 Å². The summed E-state index contributed by atoms with van der Waals surface area (Å²) in [7, 11) is -1.31. The summed E-state index contributed by atoms with van der Waals surface area (Å²) in [5.74, 6) is -0.143. The van der Waals surface area contributed by atoms with E-state index < -0.39 is 16.0 Å². The molecule has 2 aromatic rings. The van der Waals surface area contributed by atoms with Crippen LogP contribution in [-0.4, -0.2) is 15.4 Å². The van der Waals surface area contributed by atoms with Crippen molar-refractivity contribution in [2.45, 2.75) is 16.2 Å². The van der Waals surface area contributed by atoms with Crippen LogP contribution in [-0.2, 0) is 15.6 Å². The molecular formula is C15H13NO2S. The largest absolute Gasteiger partial charge is 0.346 e. The van der Waals surface area contributed by atoms with E-state index in [1.54, 1.807) is 12.1 Å². The molecule has 1 fully saturated rings. The van der Waals surface area contributed by atoms with E-state index >= 15 is 0 Å². The molecule has 3 unspecified atom stereocenters. The van der Waals surface area contributed by atoms with Gasteiger partial charge in [0.2, 0.25) is 5.91 Å². The van der Waals surface area contributed by atoms with Crippen LogP contribution in [0.25, 0.3) is 0 Å². The van der Waals surface area contributed by atoms with E-state index in [1.165, 1.54) is 0 Å². The molecule has 2 aromatic carbocycles. The number of nitrogens with one attached hydrogen (secondary N) is 1. The molecule has 1 heterocycles. The number of rotatable bonds is 3. The van der Waals surface area contributed by atoms with Gasteiger partial charge in [-0.25, -0.2) is 0 Å². The average molecular weight is 271 g/mol. The molecule has 3 rings (SSSR count). The molecule has 1 aliphatic rings. The molecular weight excluding hydrogens is 258 g/mol. The van der Waals surface area contributed by atoms with Gasteiger partial charge < -0.3 is 5.32 Å². The summed E-state index contributed by atoms with van der Waals surface area (Å²) >= 11 is 0. The lowest BCUT2D eigenvalue weighted by atomic mass is 9.97. The Morgan fingerprint density at radius 1 is 0.895 bits per heavy atom. The summed E-state index contributed by atoms with van der Waals surface area (Å²) in [6.07, 6.45) is 0. The molecule has 3 nitrogen and oxygen atoms in total. The Bertz CT molecular complexity index is 613. The second kappa shape index (κ2) is 4.97. The van der Waals surface area contributed by atoms with E-state index in [2.05, 4.69) is 5.32 Å². The SMILES string of the molecule is O=C1NC(c2ccccc2)C1S(=O)c1ccccc1. The lowest BCUT2D eigenvalue weighted by Gasteiger charge is -2.36. The van der Waals surface area contributed by atoms with Crippen LogP contribution < -0.4 is 5.32 Å². The van der Waals surface area contributed by atoms with Crippen molar-refractivity contribution in [2.75, 3.05) is 0 Å². The van der Waals surface area contributed by atoms with Gasteiger partial charge in [-0.2, -0.15) is 0 Å². The monoisotopic (exact) mass is 271 g/mol. The Balaban J connectivity index is 1.87. The normalized spacial score (nSPS) is 23.3. The van der Waals surface area contributed by atoms with Crippen molar-refractivity contribution in [1.82, 2.24) is 5.32 Å². The van der Waals surface area contributed by atoms with Crippen LogP contribution in [0.3, 0.4) is 0 Å². The molecule has 19 heavy (non-hydrogen) atoms. The van der Waals surface area contributed by atoms with Gasteiger partial charge in [-0.1, -0.05) is 48.5 Å². The van der Waals surface area contributed by atoms with E-state index in [-0.39, 0.29) is 11.9 Å². The zero-order chi connectivity index (χ0) is 13.2. The molecule has 4 heteroatoms. The van der Waals surface area contributed by atoms with E-state index in [1.807, 2.05) is 48.5 Å². The van der Waals surface area contributed by atoms with Gasteiger partial charge in [0.05, 0.1) is 16.8 Å². The Labute approximate surface area is 114 Å². The molecule has 1 aliphatic heterocycles. The van der Waals surface area contributed by atoms with Crippen LogP contribution in [0.2, 0.25) is 0 Å². The first-order valence-corrected chi connectivity index (χ1v) is 7.29. The van der Waals surface area contributed by atoms with Gasteiger partial charge in [-0.05, 0) is 17.7 Å². The minimum atomic E-state index is -1.31. The molecule has 0 radical (unpaired) electrons. The molecule has 96 valence electrons. The number of amides is 1. The summed E-state index contributed by atoms with van der Waals surface area (Å²) < 4.78 is 12.5. The zero-order valence-electron chi connectivity index (χ0n) is 10.2. The standard InChI is InChI=1S/C15H13NO2S/c17-15-14(19(18)12-9-5-2-6-10-12)13(16-15)11-7-3-1-4-8-11/h1-10,13-14H,(H,16,17). The first-order valence-electron chi connectivity index (χ1n) is 6.08. The van der Waals surface area contributed by atoms with Crippen LogP contribution in [0.1, 0.15) is 11.6 Å². The van der Waals surface area contributed by atoms with Crippen LogP contribution in [0.5, 0.6) is 0 Å². The van der Waals surface area contributed by atoms with Crippen LogP contribution >= 0.6 is 0 Å². The van der Waals surface area contributed by atoms with Crippen LogP contribution in [0.15, 0.2) is 65.6 Å². The summed E-state index contributed by atoms with van der Waals surface area (Å²) in [6.45, 7) is 0. The second-order valence-corrected chi connectivity index (χ2v) is 6.00. The van der Waals surface area contributed by atoms with Crippen molar-refractivity contribution in [2.24, 2.45) is 0 Å². The van der Waals surface area contributed by atoms with E-state index in [9.17, 15) is 9.00 Å². The Morgan fingerprint density at radius 2 is 1.47 bits per heavy atom. The summed E-state index contributed by atoms with van der Waals surface area (Å²) in [6, 6.07) is 18.6. The predicted octanol–water partition coefficient (Wildman–Crippen LogP) is 2.03. The summed E-state index contributed by atoms with van der Waals surface area (Å²) in [5.41, 5.74) is 0.997. The maximum absolute atomic E-state index is 12.5. The lowest BCUT2D eigenvalue weighted by Crippen LogP contribution is -2.57.